The highest BCUT2D eigenvalue weighted by molar-refractivity contribution is 5.71. The second kappa shape index (κ2) is 3.90. The minimum absolute atomic E-state index is 0.0879. The highest BCUT2D eigenvalue weighted by Gasteiger charge is 2.29. The minimum Gasteiger partial charge on any atom is -0.310 e. The Morgan fingerprint density at radius 3 is 2.89 bits per heavy atom. The van der Waals surface area contributed by atoms with Gasteiger partial charge < -0.3 is 4.57 Å². The van der Waals surface area contributed by atoms with Gasteiger partial charge in [-0.2, -0.15) is 0 Å². The summed E-state index contributed by atoms with van der Waals surface area (Å²) < 4.78 is 1.94. The second-order valence-electron chi connectivity index (χ2n) is 4.52. The molecule has 0 radical (unpaired) electrons. The van der Waals surface area contributed by atoms with E-state index in [0.717, 1.165) is 18.4 Å². The molecule has 0 atom stereocenters. The molecule has 1 aliphatic rings. The first kappa shape index (κ1) is 10.9. The van der Waals surface area contributed by atoms with Gasteiger partial charge in [-0.25, -0.2) is 0 Å². The molecule has 0 amide bonds. The van der Waals surface area contributed by atoms with E-state index in [0.29, 0.717) is 17.4 Å². The van der Waals surface area contributed by atoms with Gasteiger partial charge in [0.15, 0.2) is 5.82 Å². The lowest BCUT2D eigenvalue weighted by Gasteiger charge is -2.07. The van der Waals surface area contributed by atoms with Gasteiger partial charge in [0, 0.05) is 12.1 Å². The maximum atomic E-state index is 11.1. The zero-order valence-corrected chi connectivity index (χ0v) is 9.91. The van der Waals surface area contributed by atoms with Gasteiger partial charge in [-0.3, -0.25) is 10.1 Å². The highest BCUT2D eigenvalue weighted by Crippen LogP contribution is 2.40. The molecule has 92 valence electrons. The van der Waals surface area contributed by atoms with E-state index < -0.39 is 0 Å². The molecule has 6 nitrogen and oxygen atoms in total. The van der Waals surface area contributed by atoms with Crippen LogP contribution in [-0.4, -0.2) is 19.7 Å². The molecule has 0 saturated heterocycles. The molecule has 0 unspecified atom stereocenters. The standard InChI is InChI=1S/C12H12N4O2/c1-8-3-2-4-10(16(17)18)11(8)12-14-13-7-15(12)9-5-6-9/h2-4,7,9H,5-6H2,1H3. The minimum atomic E-state index is -0.367. The van der Waals surface area contributed by atoms with Crippen LogP contribution in [0.4, 0.5) is 5.69 Å². The first-order valence-electron chi connectivity index (χ1n) is 5.82. The van der Waals surface area contributed by atoms with E-state index in [1.54, 1.807) is 12.4 Å². The third-order valence-corrected chi connectivity index (χ3v) is 3.18. The van der Waals surface area contributed by atoms with Crippen molar-refractivity contribution in [3.63, 3.8) is 0 Å². The molecule has 0 N–H and O–H groups in total. The van der Waals surface area contributed by atoms with Crippen molar-refractivity contribution in [2.45, 2.75) is 25.8 Å². The Hall–Kier alpha value is -2.24. The van der Waals surface area contributed by atoms with Crippen molar-refractivity contribution in [2.24, 2.45) is 0 Å². The summed E-state index contributed by atoms with van der Waals surface area (Å²) in [4.78, 5) is 10.7. The van der Waals surface area contributed by atoms with E-state index >= 15 is 0 Å². The first-order chi connectivity index (χ1) is 8.68. The zero-order chi connectivity index (χ0) is 12.7. The average Bonchev–Trinajstić information content (AvgIpc) is 3.07. The van der Waals surface area contributed by atoms with Crippen molar-refractivity contribution >= 4 is 5.69 Å². The number of hydrogen-bond donors (Lipinski definition) is 0. The maximum Gasteiger partial charge on any atom is 0.280 e. The van der Waals surface area contributed by atoms with Crippen LogP contribution in [0.2, 0.25) is 0 Å². The predicted molar refractivity (Wildman–Crippen MR) is 65.1 cm³/mol. The maximum absolute atomic E-state index is 11.1. The van der Waals surface area contributed by atoms with Crippen LogP contribution in [0.5, 0.6) is 0 Å². The Kier molecular flexibility index (Phi) is 2.36. The van der Waals surface area contributed by atoms with Gasteiger partial charge in [0.1, 0.15) is 6.33 Å². The molecule has 0 spiro atoms. The Labute approximate surface area is 103 Å². The van der Waals surface area contributed by atoms with Crippen molar-refractivity contribution in [1.82, 2.24) is 14.8 Å². The fourth-order valence-electron chi connectivity index (χ4n) is 2.14. The van der Waals surface area contributed by atoms with Gasteiger partial charge in [-0.15, -0.1) is 10.2 Å². The van der Waals surface area contributed by atoms with Gasteiger partial charge in [0.2, 0.25) is 0 Å². The van der Waals surface area contributed by atoms with E-state index in [2.05, 4.69) is 10.2 Å². The van der Waals surface area contributed by atoms with E-state index in [-0.39, 0.29) is 10.6 Å². The van der Waals surface area contributed by atoms with E-state index in [9.17, 15) is 10.1 Å². The Morgan fingerprint density at radius 2 is 2.22 bits per heavy atom. The van der Waals surface area contributed by atoms with Crippen LogP contribution in [0.3, 0.4) is 0 Å². The molecule has 18 heavy (non-hydrogen) atoms. The number of nitro groups is 1. The van der Waals surface area contributed by atoms with Crippen molar-refractivity contribution in [2.75, 3.05) is 0 Å². The molecule has 3 rings (SSSR count). The van der Waals surface area contributed by atoms with Crippen LogP contribution in [0.25, 0.3) is 11.4 Å². The Morgan fingerprint density at radius 1 is 1.44 bits per heavy atom. The molecule has 1 heterocycles. The summed E-state index contributed by atoms with van der Waals surface area (Å²) in [5.74, 6) is 0.599. The number of hydrogen-bond acceptors (Lipinski definition) is 4. The topological polar surface area (TPSA) is 73.8 Å². The molecule has 1 fully saturated rings. The van der Waals surface area contributed by atoms with Gasteiger partial charge in [0.25, 0.3) is 5.69 Å². The summed E-state index contributed by atoms with van der Waals surface area (Å²) in [5.41, 5.74) is 1.51. The fraction of sp³-hybridized carbons (Fsp3) is 0.333. The van der Waals surface area contributed by atoms with Crippen LogP contribution >= 0.6 is 0 Å². The summed E-state index contributed by atoms with van der Waals surface area (Å²) in [6.45, 7) is 1.86. The fourth-order valence-corrected chi connectivity index (χ4v) is 2.14. The summed E-state index contributed by atoms with van der Waals surface area (Å²) >= 11 is 0. The third-order valence-electron chi connectivity index (χ3n) is 3.18. The summed E-state index contributed by atoms with van der Waals surface area (Å²) in [6.07, 6.45) is 3.83. The zero-order valence-electron chi connectivity index (χ0n) is 9.91. The SMILES string of the molecule is Cc1cccc([N+](=O)[O-])c1-c1nncn1C1CC1. The van der Waals surface area contributed by atoms with Crippen LogP contribution in [0.1, 0.15) is 24.4 Å². The van der Waals surface area contributed by atoms with Crippen molar-refractivity contribution in [3.8, 4) is 11.4 Å². The molecule has 1 aromatic carbocycles. The average molecular weight is 244 g/mol. The lowest BCUT2D eigenvalue weighted by atomic mass is 10.1. The lowest BCUT2D eigenvalue weighted by Crippen LogP contribution is -2.01. The van der Waals surface area contributed by atoms with E-state index in [1.807, 2.05) is 17.6 Å². The highest BCUT2D eigenvalue weighted by atomic mass is 16.6. The molecule has 1 aliphatic carbocycles. The largest absolute Gasteiger partial charge is 0.310 e. The van der Waals surface area contributed by atoms with Crippen LogP contribution < -0.4 is 0 Å². The first-order valence-corrected chi connectivity index (χ1v) is 5.82. The number of nitro benzene ring substituents is 1. The monoisotopic (exact) mass is 244 g/mol. The number of benzene rings is 1. The second-order valence-corrected chi connectivity index (χ2v) is 4.52. The Balaban J connectivity index is 2.21. The number of aromatic nitrogens is 3. The van der Waals surface area contributed by atoms with Crippen molar-refractivity contribution in [3.05, 3.63) is 40.2 Å². The van der Waals surface area contributed by atoms with Crippen LogP contribution in [0, 0.1) is 17.0 Å². The summed E-state index contributed by atoms with van der Waals surface area (Å²) in [6, 6.07) is 5.45. The molecular formula is C12H12N4O2. The van der Waals surface area contributed by atoms with Crippen molar-refractivity contribution < 1.29 is 4.92 Å². The summed E-state index contributed by atoms with van der Waals surface area (Å²) in [5, 5.41) is 19.1. The van der Waals surface area contributed by atoms with Gasteiger partial charge in [0.05, 0.1) is 10.5 Å². The molecule has 1 saturated carbocycles. The van der Waals surface area contributed by atoms with E-state index in [1.165, 1.54) is 6.07 Å². The lowest BCUT2D eigenvalue weighted by molar-refractivity contribution is -0.384. The van der Waals surface area contributed by atoms with Crippen molar-refractivity contribution in [1.29, 1.82) is 0 Å². The summed E-state index contributed by atoms with van der Waals surface area (Å²) in [7, 11) is 0. The number of aryl methyl sites for hydroxylation is 1. The molecule has 1 aromatic heterocycles. The molecule has 0 aliphatic heterocycles. The quantitative estimate of drug-likeness (QED) is 0.614. The smallest absolute Gasteiger partial charge is 0.280 e. The van der Waals surface area contributed by atoms with Gasteiger partial charge in [-0.05, 0) is 25.3 Å². The van der Waals surface area contributed by atoms with E-state index in [4.69, 9.17) is 0 Å². The number of nitrogens with zero attached hydrogens (tertiary/aromatic N) is 4. The molecule has 6 heteroatoms. The van der Waals surface area contributed by atoms with Crippen LogP contribution in [0.15, 0.2) is 24.5 Å². The normalized spacial score (nSPS) is 14.7. The predicted octanol–water partition coefficient (Wildman–Crippen LogP) is 2.50. The van der Waals surface area contributed by atoms with Gasteiger partial charge >= 0.3 is 0 Å². The molecule has 2 aromatic rings. The third kappa shape index (κ3) is 1.66. The molecular weight excluding hydrogens is 232 g/mol. The Bertz CT molecular complexity index is 616. The molecule has 0 bridgehead atoms. The van der Waals surface area contributed by atoms with Gasteiger partial charge in [-0.1, -0.05) is 12.1 Å². The number of rotatable bonds is 3. The van der Waals surface area contributed by atoms with Crippen LogP contribution in [-0.2, 0) is 0 Å².